The number of nitrogens with zero attached hydrogens (tertiary/aromatic N) is 7. The highest BCUT2D eigenvalue weighted by molar-refractivity contribution is 7.25. The molecule has 0 N–H and O–H groups in total. The third kappa shape index (κ3) is 6.69. The Bertz CT molecular complexity index is 2860. The lowest BCUT2D eigenvalue weighted by Gasteiger charge is -2.13. The maximum Gasteiger partial charge on any atom is 0.164 e. The molecule has 0 aliphatic carbocycles. The van der Waals surface area contributed by atoms with Gasteiger partial charge in [-0.2, -0.15) is 5.26 Å². The fourth-order valence-electron chi connectivity index (χ4n) is 6.95. The molecule has 7 nitrogen and oxygen atoms in total. The van der Waals surface area contributed by atoms with Gasteiger partial charge in [-0.1, -0.05) is 140 Å². The zero-order valence-corrected chi connectivity index (χ0v) is 31.1. The van der Waals surface area contributed by atoms with Gasteiger partial charge in [0.15, 0.2) is 34.9 Å². The van der Waals surface area contributed by atoms with Crippen LogP contribution in [0.5, 0.6) is 0 Å². The highest BCUT2D eigenvalue weighted by atomic mass is 32.1. The van der Waals surface area contributed by atoms with Crippen molar-refractivity contribution < 1.29 is 0 Å². The predicted molar refractivity (Wildman–Crippen MR) is 229 cm³/mol. The molecule has 3 aromatic heterocycles. The Hall–Kier alpha value is -7.73. The molecule has 0 aliphatic rings. The molecule has 0 saturated carbocycles. The van der Waals surface area contributed by atoms with Crippen molar-refractivity contribution in [2.75, 3.05) is 0 Å². The molecule has 7 aromatic carbocycles. The number of rotatable bonds is 7. The van der Waals surface area contributed by atoms with Crippen LogP contribution in [0.4, 0.5) is 0 Å². The predicted octanol–water partition coefficient (Wildman–Crippen LogP) is 12.0. The van der Waals surface area contributed by atoms with Gasteiger partial charge in [0.1, 0.15) is 0 Å². The molecule has 57 heavy (non-hydrogen) atoms. The highest BCUT2D eigenvalue weighted by Crippen LogP contribution is 2.39. The van der Waals surface area contributed by atoms with Gasteiger partial charge in [0.2, 0.25) is 0 Å². The van der Waals surface area contributed by atoms with E-state index in [9.17, 15) is 5.26 Å². The third-order valence-electron chi connectivity index (χ3n) is 9.78. The molecule has 266 valence electrons. The molecule has 8 heteroatoms. The second-order valence-electron chi connectivity index (χ2n) is 13.5. The molecular formula is C49H29N7S. The lowest BCUT2D eigenvalue weighted by molar-refractivity contribution is 1.07. The monoisotopic (exact) mass is 747 g/mol. The van der Waals surface area contributed by atoms with Gasteiger partial charge in [0.05, 0.1) is 11.6 Å². The van der Waals surface area contributed by atoms with Crippen molar-refractivity contribution in [2.24, 2.45) is 0 Å². The number of hydrogen-bond donors (Lipinski definition) is 0. The third-order valence-corrected chi connectivity index (χ3v) is 10.9. The number of thiophene rings is 1. The van der Waals surface area contributed by atoms with Crippen molar-refractivity contribution in [1.29, 1.82) is 5.26 Å². The Morgan fingerprint density at radius 3 is 1.07 bits per heavy atom. The molecule has 0 spiro atoms. The van der Waals surface area contributed by atoms with E-state index in [1.807, 2.05) is 140 Å². The first kappa shape index (κ1) is 33.8. The topological polar surface area (TPSA) is 101 Å². The van der Waals surface area contributed by atoms with E-state index in [-0.39, 0.29) is 0 Å². The van der Waals surface area contributed by atoms with Crippen LogP contribution in [-0.2, 0) is 0 Å². The van der Waals surface area contributed by atoms with Crippen LogP contribution in [0, 0.1) is 11.3 Å². The molecule has 0 atom stereocenters. The summed E-state index contributed by atoms with van der Waals surface area (Å²) < 4.78 is 2.20. The number of hydrogen-bond acceptors (Lipinski definition) is 8. The van der Waals surface area contributed by atoms with E-state index in [1.165, 1.54) is 0 Å². The molecule has 0 radical (unpaired) electrons. The second kappa shape index (κ2) is 14.5. The normalized spacial score (nSPS) is 11.1. The SMILES string of the molecule is N#Cc1ccc2c(c1)sc1cc(-c3cc(-c4nc(-c5ccccc5)nc(-c5ccccc5)n4)cc(-c4nc(-c5ccccc5)nc(-c5ccccc5)n4)c3)ccc12. The van der Waals surface area contributed by atoms with Crippen LogP contribution >= 0.6 is 11.3 Å². The maximum absolute atomic E-state index is 9.56. The zero-order valence-electron chi connectivity index (χ0n) is 30.3. The molecule has 0 bridgehead atoms. The minimum Gasteiger partial charge on any atom is -0.208 e. The van der Waals surface area contributed by atoms with Gasteiger partial charge in [-0.15, -0.1) is 11.3 Å². The quantitative estimate of drug-likeness (QED) is 0.160. The van der Waals surface area contributed by atoms with Crippen LogP contribution in [0.15, 0.2) is 176 Å². The number of aromatic nitrogens is 6. The molecule has 0 aliphatic heterocycles. The van der Waals surface area contributed by atoms with Crippen LogP contribution in [-0.4, -0.2) is 29.9 Å². The van der Waals surface area contributed by atoms with Crippen LogP contribution in [0.3, 0.4) is 0 Å². The lowest BCUT2D eigenvalue weighted by atomic mass is 9.97. The first-order chi connectivity index (χ1) is 28.1. The van der Waals surface area contributed by atoms with E-state index in [0.717, 1.165) is 64.7 Å². The zero-order chi connectivity index (χ0) is 38.1. The number of fused-ring (bicyclic) bond motifs is 3. The average molecular weight is 748 g/mol. The van der Waals surface area contributed by atoms with Crippen molar-refractivity contribution >= 4 is 31.5 Å². The Morgan fingerprint density at radius 1 is 0.316 bits per heavy atom. The van der Waals surface area contributed by atoms with E-state index < -0.39 is 0 Å². The van der Waals surface area contributed by atoms with Gasteiger partial charge >= 0.3 is 0 Å². The Balaban J connectivity index is 1.21. The van der Waals surface area contributed by atoms with Crippen molar-refractivity contribution in [3.05, 3.63) is 181 Å². The summed E-state index contributed by atoms with van der Waals surface area (Å²) >= 11 is 1.68. The molecule has 10 aromatic rings. The van der Waals surface area contributed by atoms with E-state index in [2.05, 4.69) is 42.5 Å². The summed E-state index contributed by atoms with van der Waals surface area (Å²) in [5.74, 6) is 3.36. The Kier molecular flexibility index (Phi) is 8.60. The maximum atomic E-state index is 9.56. The molecule has 0 unspecified atom stereocenters. The number of benzene rings is 7. The van der Waals surface area contributed by atoms with Gasteiger partial charge in [0.25, 0.3) is 0 Å². The van der Waals surface area contributed by atoms with Gasteiger partial charge in [-0.3, -0.25) is 0 Å². The standard InChI is InChI=1S/C49H29N7S/c50-30-31-21-23-40-41-24-22-36(29-43(41)57-42(40)25-31)37-26-38(48-53-44(32-13-5-1-6-14-32)51-45(54-48)33-15-7-2-8-16-33)28-39(27-37)49-55-46(34-17-9-3-10-18-34)52-47(56-49)35-19-11-4-12-20-35/h1-29H. The van der Waals surface area contributed by atoms with Crippen LogP contribution < -0.4 is 0 Å². The summed E-state index contributed by atoms with van der Waals surface area (Å²) in [6.07, 6.45) is 0. The summed E-state index contributed by atoms with van der Waals surface area (Å²) in [5, 5.41) is 11.8. The Labute approximate surface area is 332 Å². The van der Waals surface area contributed by atoms with Crippen LogP contribution in [0.2, 0.25) is 0 Å². The van der Waals surface area contributed by atoms with E-state index in [0.29, 0.717) is 40.5 Å². The molecule has 0 amide bonds. The Morgan fingerprint density at radius 2 is 0.667 bits per heavy atom. The molecule has 0 fully saturated rings. The van der Waals surface area contributed by atoms with E-state index in [1.54, 1.807) is 11.3 Å². The molecule has 10 rings (SSSR count). The second-order valence-corrected chi connectivity index (χ2v) is 14.6. The summed E-state index contributed by atoms with van der Waals surface area (Å²) in [6, 6.07) is 60.9. The minimum absolute atomic E-state index is 0.526. The highest BCUT2D eigenvalue weighted by Gasteiger charge is 2.18. The van der Waals surface area contributed by atoms with Gasteiger partial charge in [-0.05, 0) is 47.5 Å². The van der Waals surface area contributed by atoms with Crippen molar-refractivity contribution in [1.82, 2.24) is 29.9 Å². The smallest absolute Gasteiger partial charge is 0.164 e. The average Bonchev–Trinajstić information content (AvgIpc) is 3.67. The molecule has 0 saturated heterocycles. The van der Waals surface area contributed by atoms with E-state index >= 15 is 0 Å². The number of nitriles is 1. The fourth-order valence-corrected chi connectivity index (χ4v) is 8.14. The fraction of sp³-hybridized carbons (Fsp3) is 0. The van der Waals surface area contributed by atoms with Crippen molar-refractivity contribution in [3.8, 4) is 85.5 Å². The largest absolute Gasteiger partial charge is 0.208 e. The summed E-state index contributed by atoms with van der Waals surface area (Å²) in [5.41, 5.74) is 7.75. The first-order valence-corrected chi connectivity index (χ1v) is 19.2. The van der Waals surface area contributed by atoms with Crippen LogP contribution in [0.1, 0.15) is 5.56 Å². The minimum atomic E-state index is 0.526. The van der Waals surface area contributed by atoms with Gasteiger partial charge in [0, 0.05) is 53.6 Å². The molecular weight excluding hydrogens is 719 g/mol. The van der Waals surface area contributed by atoms with E-state index in [4.69, 9.17) is 29.9 Å². The summed E-state index contributed by atoms with van der Waals surface area (Å²) in [4.78, 5) is 30.3. The first-order valence-electron chi connectivity index (χ1n) is 18.4. The van der Waals surface area contributed by atoms with Gasteiger partial charge in [-0.25, -0.2) is 29.9 Å². The van der Waals surface area contributed by atoms with Crippen LogP contribution in [0.25, 0.3) is 99.6 Å². The van der Waals surface area contributed by atoms with Crippen molar-refractivity contribution in [3.63, 3.8) is 0 Å². The lowest BCUT2D eigenvalue weighted by Crippen LogP contribution is -2.02. The summed E-state index contributed by atoms with van der Waals surface area (Å²) in [7, 11) is 0. The van der Waals surface area contributed by atoms with Gasteiger partial charge < -0.3 is 0 Å². The summed E-state index contributed by atoms with van der Waals surface area (Å²) in [6.45, 7) is 0. The van der Waals surface area contributed by atoms with Crippen molar-refractivity contribution in [2.45, 2.75) is 0 Å². The molecule has 3 heterocycles.